The molecular weight excluding hydrogens is 252 g/mol. The van der Waals surface area contributed by atoms with Crippen LogP contribution in [0.15, 0.2) is 42.7 Å². The standard InChI is InChI=1S/C15H20N4O/c1-15(2,16)10-14(20)18-13-6-3-5-12(9-13)11-19-8-4-7-17-19/h3-9H,10-11,16H2,1-2H3,(H,18,20). The lowest BCUT2D eigenvalue weighted by Gasteiger charge is -2.17. The molecule has 0 atom stereocenters. The van der Waals surface area contributed by atoms with Gasteiger partial charge in [0, 0.05) is 30.0 Å². The Hall–Kier alpha value is -2.14. The average Bonchev–Trinajstić information content (AvgIpc) is 2.79. The molecule has 0 aliphatic rings. The van der Waals surface area contributed by atoms with Crippen LogP contribution in [-0.2, 0) is 11.3 Å². The maximum atomic E-state index is 11.8. The molecule has 0 saturated heterocycles. The number of rotatable bonds is 5. The first-order valence-electron chi connectivity index (χ1n) is 6.57. The van der Waals surface area contributed by atoms with Gasteiger partial charge in [-0.1, -0.05) is 12.1 Å². The number of nitrogens with zero attached hydrogens (tertiary/aromatic N) is 2. The first-order chi connectivity index (χ1) is 9.42. The Labute approximate surface area is 118 Å². The first-order valence-corrected chi connectivity index (χ1v) is 6.57. The zero-order chi connectivity index (χ0) is 14.6. The maximum absolute atomic E-state index is 11.8. The van der Waals surface area contributed by atoms with Crippen LogP contribution in [0.5, 0.6) is 0 Å². The highest BCUT2D eigenvalue weighted by molar-refractivity contribution is 5.91. The molecule has 1 amide bonds. The van der Waals surface area contributed by atoms with Crippen LogP contribution in [0.2, 0.25) is 0 Å². The van der Waals surface area contributed by atoms with E-state index in [9.17, 15) is 4.79 Å². The van der Waals surface area contributed by atoms with E-state index in [1.807, 2.05) is 55.1 Å². The molecule has 0 unspecified atom stereocenters. The Morgan fingerprint density at radius 3 is 2.85 bits per heavy atom. The van der Waals surface area contributed by atoms with Crippen LogP contribution >= 0.6 is 0 Å². The van der Waals surface area contributed by atoms with Gasteiger partial charge in [-0.05, 0) is 37.6 Å². The number of carbonyl (C=O) groups excluding carboxylic acids is 1. The van der Waals surface area contributed by atoms with Gasteiger partial charge in [0.05, 0.1) is 6.54 Å². The third kappa shape index (κ3) is 4.51. The van der Waals surface area contributed by atoms with Gasteiger partial charge in [0.1, 0.15) is 0 Å². The van der Waals surface area contributed by atoms with Gasteiger partial charge in [0.25, 0.3) is 0 Å². The maximum Gasteiger partial charge on any atom is 0.226 e. The van der Waals surface area contributed by atoms with E-state index in [-0.39, 0.29) is 12.3 Å². The van der Waals surface area contributed by atoms with E-state index in [1.165, 1.54) is 0 Å². The summed E-state index contributed by atoms with van der Waals surface area (Å²) in [6.07, 6.45) is 3.94. The fraction of sp³-hybridized carbons (Fsp3) is 0.333. The minimum Gasteiger partial charge on any atom is -0.326 e. The molecule has 0 bridgehead atoms. The normalized spacial score (nSPS) is 11.3. The number of nitrogens with one attached hydrogen (secondary N) is 1. The average molecular weight is 272 g/mol. The van der Waals surface area contributed by atoms with Crippen molar-refractivity contribution in [2.45, 2.75) is 32.4 Å². The van der Waals surface area contributed by atoms with Crippen LogP contribution < -0.4 is 11.1 Å². The molecular formula is C15H20N4O. The molecule has 0 saturated carbocycles. The number of hydrogen-bond donors (Lipinski definition) is 2. The van der Waals surface area contributed by atoms with E-state index in [0.717, 1.165) is 11.3 Å². The van der Waals surface area contributed by atoms with Crippen molar-refractivity contribution in [2.75, 3.05) is 5.32 Å². The van der Waals surface area contributed by atoms with E-state index >= 15 is 0 Å². The van der Waals surface area contributed by atoms with Crippen LogP contribution in [0.25, 0.3) is 0 Å². The highest BCUT2D eigenvalue weighted by Gasteiger charge is 2.16. The lowest BCUT2D eigenvalue weighted by molar-refractivity contribution is -0.117. The summed E-state index contributed by atoms with van der Waals surface area (Å²) in [5.41, 5.74) is 7.20. The second-order valence-electron chi connectivity index (χ2n) is 5.62. The van der Waals surface area contributed by atoms with Gasteiger partial charge in [-0.2, -0.15) is 5.10 Å². The third-order valence-electron chi connectivity index (χ3n) is 2.73. The summed E-state index contributed by atoms with van der Waals surface area (Å²) in [4.78, 5) is 11.8. The number of amides is 1. The van der Waals surface area contributed by atoms with Gasteiger partial charge in [0.2, 0.25) is 5.91 Å². The molecule has 2 rings (SSSR count). The van der Waals surface area contributed by atoms with E-state index < -0.39 is 5.54 Å². The van der Waals surface area contributed by atoms with E-state index in [0.29, 0.717) is 6.54 Å². The topological polar surface area (TPSA) is 72.9 Å². The smallest absolute Gasteiger partial charge is 0.226 e. The second-order valence-corrected chi connectivity index (χ2v) is 5.62. The fourth-order valence-corrected chi connectivity index (χ4v) is 1.95. The molecule has 0 aliphatic carbocycles. The van der Waals surface area contributed by atoms with Gasteiger partial charge >= 0.3 is 0 Å². The lowest BCUT2D eigenvalue weighted by Crippen LogP contribution is -2.36. The molecule has 0 radical (unpaired) electrons. The predicted molar refractivity (Wildman–Crippen MR) is 79.3 cm³/mol. The van der Waals surface area contributed by atoms with Crippen molar-refractivity contribution in [1.82, 2.24) is 9.78 Å². The molecule has 5 heteroatoms. The molecule has 1 heterocycles. The van der Waals surface area contributed by atoms with Crippen LogP contribution in [0.3, 0.4) is 0 Å². The summed E-state index contributed by atoms with van der Waals surface area (Å²) in [5.74, 6) is -0.0752. The number of benzene rings is 1. The van der Waals surface area contributed by atoms with Gasteiger partial charge in [-0.25, -0.2) is 0 Å². The van der Waals surface area contributed by atoms with Crippen LogP contribution in [-0.4, -0.2) is 21.2 Å². The number of carbonyl (C=O) groups is 1. The summed E-state index contributed by atoms with van der Waals surface area (Å²) >= 11 is 0. The van der Waals surface area contributed by atoms with Crippen molar-refractivity contribution in [3.8, 4) is 0 Å². The van der Waals surface area contributed by atoms with Crippen molar-refractivity contribution in [3.63, 3.8) is 0 Å². The first kappa shape index (κ1) is 14.3. The summed E-state index contributed by atoms with van der Waals surface area (Å²) in [7, 11) is 0. The van der Waals surface area contributed by atoms with Gasteiger partial charge in [-0.3, -0.25) is 9.48 Å². The Morgan fingerprint density at radius 2 is 2.20 bits per heavy atom. The van der Waals surface area contributed by atoms with Crippen molar-refractivity contribution in [3.05, 3.63) is 48.3 Å². The highest BCUT2D eigenvalue weighted by atomic mass is 16.1. The highest BCUT2D eigenvalue weighted by Crippen LogP contribution is 2.13. The molecule has 1 aromatic carbocycles. The fourth-order valence-electron chi connectivity index (χ4n) is 1.95. The second kappa shape index (κ2) is 5.88. The van der Waals surface area contributed by atoms with E-state index in [4.69, 9.17) is 5.73 Å². The van der Waals surface area contributed by atoms with Gasteiger partial charge in [0.15, 0.2) is 0 Å². The molecule has 20 heavy (non-hydrogen) atoms. The Balaban J connectivity index is 2.01. The monoisotopic (exact) mass is 272 g/mol. The molecule has 1 aromatic heterocycles. The number of anilines is 1. The molecule has 2 aromatic rings. The SMILES string of the molecule is CC(C)(N)CC(=O)Nc1cccc(Cn2cccn2)c1. The largest absolute Gasteiger partial charge is 0.326 e. The minimum atomic E-state index is -0.503. The van der Waals surface area contributed by atoms with Crippen LogP contribution in [0.4, 0.5) is 5.69 Å². The predicted octanol–water partition coefficient (Wildman–Crippen LogP) is 2.00. The zero-order valence-electron chi connectivity index (χ0n) is 11.8. The molecule has 0 aliphatic heterocycles. The number of nitrogens with two attached hydrogens (primary N) is 1. The van der Waals surface area contributed by atoms with Crippen LogP contribution in [0, 0.1) is 0 Å². The van der Waals surface area contributed by atoms with Gasteiger partial charge < -0.3 is 11.1 Å². The summed E-state index contributed by atoms with van der Waals surface area (Å²) in [6, 6.07) is 9.62. The molecule has 0 spiro atoms. The summed E-state index contributed by atoms with van der Waals surface area (Å²) < 4.78 is 1.84. The van der Waals surface area contributed by atoms with Crippen molar-refractivity contribution >= 4 is 11.6 Å². The van der Waals surface area contributed by atoms with Crippen molar-refractivity contribution in [1.29, 1.82) is 0 Å². The molecule has 106 valence electrons. The Kier molecular flexibility index (Phi) is 4.20. The summed E-state index contributed by atoms with van der Waals surface area (Å²) in [5, 5.41) is 7.03. The Bertz CT molecular complexity index is 570. The molecule has 5 nitrogen and oxygen atoms in total. The van der Waals surface area contributed by atoms with Crippen molar-refractivity contribution < 1.29 is 4.79 Å². The number of aromatic nitrogens is 2. The Morgan fingerprint density at radius 1 is 1.40 bits per heavy atom. The quantitative estimate of drug-likeness (QED) is 0.874. The molecule has 0 fully saturated rings. The zero-order valence-corrected chi connectivity index (χ0v) is 11.8. The van der Waals surface area contributed by atoms with Gasteiger partial charge in [-0.15, -0.1) is 0 Å². The van der Waals surface area contributed by atoms with E-state index in [2.05, 4.69) is 10.4 Å². The third-order valence-corrected chi connectivity index (χ3v) is 2.73. The minimum absolute atomic E-state index is 0.0752. The van der Waals surface area contributed by atoms with Crippen molar-refractivity contribution in [2.24, 2.45) is 5.73 Å². The number of hydrogen-bond acceptors (Lipinski definition) is 3. The molecule has 3 N–H and O–H groups in total. The van der Waals surface area contributed by atoms with E-state index in [1.54, 1.807) is 6.20 Å². The van der Waals surface area contributed by atoms with Crippen LogP contribution in [0.1, 0.15) is 25.8 Å². The lowest BCUT2D eigenvalue weighted by atomic mass is 10.0. The summed E-state index contributed by atoms with van der Waals surface area (Å²) in [6.45, 7) is 4.35.